The van der Waals surface area contributed by atoms with E-state index in [-0.39, 0.29) is 24.4 Å². The highest BCUT2D eigenvalue weighted by molar-refractivity contribution is 6.32. The van der Waals surface area contributed by atoms with Gasteiger partial charge in [-0.3, -0.25) is 4.79 Å². The first kappa shape index (κ1) is 19.2. The Bertz CT molecular complexity index is 612. The van der Waals surface area contributed by atoms with Crippen LogP contribution in [0.3, 0.4) is 0 Å². The molecule has 1 saturated heterocycles. The number of carbonyl (C=O) groups excluding carboxylic acids is 1. The molecule has 1 saturated carbocycles. The third-order valence-corrected chi connectivity index (χ3v) is 5.25. The number of rotatable bonds is 4. The molecule has 2 aliphatic rings. The van der Waals surface area contributed by atoms with Gasteiger partial charge < -0.3 is 20.1 Å². The Balaban J connectivity index is 0.00000208. The molecule has 1 heterocycles. The lowest BCUT2D eigenvalue weighted by Gasteiger charge is -2.20. The number of hydrogen-bond donors (Lipinski definition) is 1. The highest BCUT2D eigenvalue weighted by atomic mass is 35.5. The molecule has 1 amide bonds. The second kappa shape index (κ2) is 7.81. The molecule has 0 radical (unpaired) electrons. The Labute approximate surface area is 153 Å². The zero-order chi connectivity index (χ0) is 16.6. The van der Waals surface area contributed by atoms with Crippen molar-refractivity contribution in [3.63, 3.8) is 0 Å². The van der Waals surface area contributed by atoms with E-state index in [1.54, 1.807) is 19.2 Å². The molecule has 3 atom stereocenters. The molecule has 1 aromatic carbocycles. The minimum atomic E-state index is -0.0187. The maximum absolute atomic E-state index is 12.8. The van der Waals surface area contributed by atoms with Gasteiger partial charge in [-0.1, -0.05) is 11.6 Å². The molecule has 0 spiro atoms. The number of methoxy groups -OCH3 is 1. The van der Waals surface area contributed by atoms with Gasteiger partial charge in [-0.25, -0.2) is 0 Å². The minimum absolute atomic E-state index is 0. The number of benzene rings is 1. The Kier molecular flexibility index (Phi) is 6.23. The van der Waals surface area contributed by atoms with Crippen LogP contribution in [0.4, 0.5) is 0 Å². The van der Waals surface area contributed by atoms with Gasteiger partial charge in [-0.15, -0.1) is 12.4 Å². The molecule has 2 N–H and O–H groups in total. The number of amides is 1. The van der Waals surface area contributed by atoms with Gasteiger partial charge in [0.15, 0.2) is 11.5 Å². The maximum Gasteiger partial charge on any atom is 0.254 e. The summed E-state index contributed by atoms with van der Waals surface area (Å²) in [6.45, 7) is 3.87. The predicted molar refractivity (Wildman–Crippen MR) is 96.5 cm³/mol. The summed E-state index contributed by atoms with van der Waals surface area (Å²) in [6, 6.07) is 3.58. The van der Waals surface area contributed by atoms with Crippen LogP contribution in [0.5, 0.6) is 11.5 Å². The molecule has 1 aliphatic heterocycles. The first-order chi connectivity index (χ1) is 11.0. The third-order valence-electron chi connectivity index (χ3n) is 4.96. The monoisotopic (exact) mass is 374 g/mol. The lowest BCUT2D eigenvalue weighted by Crippen LogP contribution is -2.33. The van der Waals surface area contributed by atoms with E-state index < -0.39 is 0 Å². The van der Waals surface area contributed by atoms with Crippen LogP contribution >= 0.6 is 24.0 Å². The van der Waals surface area contributed by atoms with Gasteiger partial charge in [-0.2, -0.15) is 0 Å². The fourth-order valence-corrected chi connectivity index (χ4v) is 4.05. The summed E-state index contributed by atoms with van der Waals surface area (Å²) in [5.41, 5.74) is 6.68. The smallest absolute Gasteiger partial charge is 0.254 e. The number of nitrogens with zero attached hydrogens (tertiary/aromatic N) is 1. The summed E-state index contributed by atoms with van der Waals surface area (Å²) in [6.07, 6.45) is 2.18. The quantitative estimate of drug-likeness (QED) is 0.879. The number of likely N-dealkylation sites (tertiary alicyclic amines) is 1. The van der Waals surface area contributed by atoms with Crippen molar-refractivity contribution in [2.75, 3.05) is 26.8 Å². The van der Waals surface area contributed by atoms with Crippen molar-refractivity contribution in [3.05, 3.63) is 22.7 Å². The molecule has 24 heavy (non-hydrogen) atoms. The predicted octanol–water partition coefficient (Wildman–Crippen LogP) is 2.98. The van der Waals surface area contributed by atoms with E-state index in [0.29, 0.717) is 40.5 Å². The highest BCUT2D eigenvalue weighted by Crippen LogP contribution is 2.40. The molecule has 3 unspecified atom stereocenters. The number of hydrogen-bond acceptors (Lipinski definition) is 4. The van der Waals surface area contributed by atoms with Crippen molar-refractivity contribution < 1.29 is 14.3 Å². The summed E-state index contributed by atoms with van der Waals surface area (Å²) < 4.78 is 10.8. The summed E-state index contributed by atoms with van der Waals surface area (Å²) in [4.78, 5) is 14.7. The van der Waals surface area contributed by atoms with Gasteiger partial charge in [0.05, 0.1) is 18.7 Å². The van der Waals surface area contributed by atoms with Crippen molar-refractivity contribution in [2.45, 2.75) is 25.8 Å². The summed E-state index contributed by atoms with van der Waals surface area (Å²) in [5.74, 6) is 1.91. The van der Waals surface area contributed by atoms with Crippen LogP contribution in [0.2, 0.25) is 5.02 Å². The molecule has 5 nitrogen and oxygen atoms in total. The van der Waals surface area contributed by atoms with Gasteiger partial charge in [0.25, 0.3) is 5.91 Å². The summed E-state index contributed by atoms with van der Waals surface area (Å²) in [5, 5.41) is 0.394. The van der Waals surface area contributed by atoms with Gasteiger partial charge in [-0.05, 0) is 43.7 Å². The average molecular weight is 375 g/mol. The van der Waals surface area contributed by atoms with Crippen LogP contribution in [-0.4, -0.2) is 43.7 Å². The van der Waals surface area contributed by atoms with E-state index in [9.17, 15) is 4.79 Å². The minimum Gasteiger partial charge on any atom is -0.493 e. The van der Waals surface area contributed by atoms with E-state index in [2.05, 4.69) is 0 Å². The highest BCUT2D eigenvalue weighted by Gasteiger charge is 2.42. The number of ether oxygens (including phenoxy) is 2. The van der Waals surface area contributed by atoms with Gasteiger partial charge >= 0.3 is 0 Å². The molecular weight excluding hydrogens is 351 g/mol. The molecule has 7 heteroatoms. The van der Waals surface area contributed by atoms with Crippen molar-refractivity contribution in [1.82, 2.24) is 4.90 Å². The number of nitrogens with two attached hydrogens (primary N) is 1. The fourth-order valence-electron chi connectivity index (χ4n) is 3.78. The van der Waals surface area contributed by atoms with Crippen molar-refractivity contribution >= 4 is 29.9 Å². The molecule has 0 bridgehead atoms. The van der Waals surface area contributed by atoms with E-state index in [4.69, 9.17) is 26.8 Å². The second-order valence-electron chi connectivity index (χ2n) is 6.30. The molecule has 3 rings (SSSR count). The molecule has 1 aromatic rings. The fraction of sp³-hybridized carbons (Fsp3) is 0.588. The van der Waals surface area contributed by atoms with Crippen molar-refractivity contribution in [2.24, 2.45) is 17.6 Å². The molecule has 134 valence electrons. The standard InChI is InChI=1S/C17H23ClN2O3.ClH/c1-3-23-16-13(18)6-11(7-15(16)22-2)17(21)20-8-10-4-5-14(19)12(10)9-20;/h6-7,10,12,14H,3-5,8-9,19H2,1-2H3;1H. The molecular formula is C17H24Cl2N2O3. The lowest BCUT2D eigenvalue weighted by molar-refractivity contribution is 0.0779. The molecule has 0 aromatic heterocycles. The van der Waals surface area contributed by atoms with Crippen LogP contribution in [0.1, 0.15) is 30.1 Å². The lowest BCUT2D eigenvalue weighted by atomic mass is 9.98. The van der Waals surface area contributed by atoms with Gasteiger partial charge in [0.1, 0.15) is 0 Å². The number of carbonyl (C=O) groups is 1. The maximum atomic E-state index is 12.8. The van der Waals surface area contributed by atoms with Crippen molar-refractivity contribution in [1.29, 1.82) is 0 Å². The SMILES string of the molecule is CCOc1c(Cl)cc(C(=O)N2CC3CCC(N)C3C2)cc1OC.Cl. The Morgan fingerprint density at radius 3 is 2.75 bits per heavy atom. The van der Waals surface area contributed by atoms with Gasteiger partial charge in [0.2, 0.25) is 0 Å². The van der Waals surface area contributed by atoms with Crippen LogP contribution in [0.25, 0.3) is 0 Å². The average Bonchev–Trinajstić information content (AvgIpc) is 3.11. The summed E-state index contributed by atoms with van der Waals surface area (Å²) >= 11 is 6.27. The first-order valence-corrected chi connectivity index (χ1v) is 8.48. The Morgan fingerprint density at radius 2 is 2.12 bits per heavy atom. The van der Waals surface area contributed by atoms with Crippen LogP contribution < -0.4 is 15.2 Å². The molecule has 2 fully saturated rings. The normalized spacial score (nSPS) is 25.2. The summed E-state index contributed by atoms with van der Waals surface area (Å²) in [7, 11) is 1.54. The Hall–Kier alpha value is -1.17. The van der Waals surface area contributed by atoms with E-state index >= 15 is 0 Å². The van der Waals surface area contributed by atoms with E-state index in [1.165, 1.54) is 0 Å². The first-order valence-electron chi connectivity index (χ1n) is 8.10. The van der Waals surface area contributed by atoms with Crippen LogP contribution in [0, 0.1) is 11.8 Å². The topological polar surface area (TPSA) is 64.8 Å². The molecule has 1 aliphatic carbocycles. The number of halogens is 2. The van der Waals surface area contributed by atoms with Crippen LogP contribution in [0.15, 0.2) is 12.1 Å². The zero-order valence-corrected chi connectivity index (χ0v) is 15.5. The zero-order valence-electron chi connectivity index (χ0n) is 14.0. The van der Waals surface area contributed by atoms with Gasteiger partial charge in [0, 0.05) is 24.7 Å². The van der Waals surface area contributed by atoms with Crippen LogP contribution in [-0.2, 0) is 0 Å². The second-order valence-corrected chi connectivity index (χ2v) is 6.70. The third kappa shape index (κ3) is 3.44. The largest absolute Gasteiger partial charge is 0.493 e. The number of fused-ring (bicyclic) bond motifs is 1. The van der Waals surface area contributed by atoms with Crippen molar-refractivity contribution in [3.8, 4) is 11.5 Å². The van der Waals surface area contributed by atoms with E-state index in [0.717, 1.165) is 25.9 Å². The van der Waals surface area contributed by atoms with E-state index in [1.807, 2.05) is 11.8 Å². The Morgan fingerprint density at radius 1 is 1.38 bits per heavy atom.